The summed E-state index contributed by atoms with van der Waals surface area (Å²) in [4.78, 5) is 10.7. The van der Waals surface area contributed by atoms with Crippen LogP contribution in [0, 0.1) is 0 Å². The van der Waals surface area contributed by atoms with Crippen molar-refractivity contribution in [3.05, 3.63) is 35.4 Å². The summed E-state index contributed by atoms with van der Waals surface area (Å²) in [6, 6.07) is 6.44. The van der Waals surface area contributed by atoms with E-state index in [0.717, 1.165) is 18.4 Å². The van der Waals surface area contributed by atoms with Crippen molar-refractivity contribution in [2.24, 2.45) is 0 Å². The van der Waals surface area contributed by atoms with E-state index in [9.17, 15) is 9.90 Å². The number of carbonyl (C=O) groups is 1. The minimum absolute atomic E-state index is 0.148. The lowest BCUT2D eigenvalue weighted by Crippen LogP contribution is -2.31. The van der Waals surface area contributed by atoms with Crippen LogP contribution in [0.4, 0.5) is 0 Å². The summed E-state index contributed by atoms with van der Waals surface area (Å²) >= 11 is 0. The molecule has 1 aliphatic heterocycles. The van der Waals surface area contributed by atoms with Gasteiger partial charge in [-0.3, -0.25) is 0 Å². The summed E-state index contributed by atoms with van der Waals surface area (Å²) < 4.78 is 11.5. The molecule has 0 spiro atoms. The highest BCUT2D eigenvalue weighted by molar-refractivity contribution is 5.85. The molecule has 0 aromatic heterocycles. The smallest absolute Gasteiger partial charge is 0.184 e. The van der Waals surface area contributed by atoms with Crippen molar-refractivity contribution < 1.29 is 19.4 Å². The maximum atomic E-state index is 10.7. The Morgan fingerprint density at radius 1 is 1.33 bits per heavy atom. The molecule has 18 heavy (non-hydrogen) atoms. The van der Waals surface area contributed by atoms with Gasteiger partial charge in [-0.1, -0.05) is 31.2 Å². The summed E-state index contributed by atoms with van der Waals surface area (Å²) in [7, 11) is 0. The second kappa shape index (κ2) is 5.50. The highest BCUT2D eigenvalue weighted by Crippen LogP contribution is 2.30. The molecule has 1 saturated heterocycles. The largest absolute Gasteiger partial charge is 0.545 e. The van der Waals surface area contributed by atoms with Crippen LogP contribution in [0.3, 0.4) is 0 Å². The number of ether oxygens (including phenoxy) is 2. The van der Waals surface area contributed by atoms with E-state index < -0.39 is 12.3 Å². The van der Waals surface area contributed by atoms with Crippen molar-refractivity contribution in [3.8, 4) is 0 Å². The highest BCUT2D eigenvalue weighted by atomic mass is 16.7. The Balaban J connectivity index is 2.12. The van der Waals surface area contributed by atoms with Gasteiger partial charge in [-0.05, 0) is 25.3 Å². The van der Waals surface area contributed by atoms with Gasteiger partial charge in [0.05, 0.1) is 18.2 Å². The topological polar surface area (TPSA) is 58.6 Å². The molecule has 98 valence electrons. The van der Waals surface area contributed by atoms with Gasteiger partial charge in [-0.2, -0.15) is 0 Å². The Kier molecular flexibility index (Phi) is 3.99. The van der Waals surface area contributed by atoms with Crippen molar-refractivity contribution in [1.29, 1.82) is 0 Å². The Morgan fingerprint density at radius 2 is 2.00 bits per heavy atom. The fourth-order valence-corrected chi connectivity index (χ4v) is 2.10. The Morgan fingerprint density at radius 3 is 2.56 bits per heavy atom. The number of rotatable bonds is 3. The number of aromatic carboxylic acids is 1. The molecular weight excluding hydrogens is 232 g/mol. The van der Waals surface area contributed by atoms with Gasteiger partial charge >= 0.3 is 0 Å². The number of benzene rings is 1. The minimum atomic E-state index is -1.17. The maximum Gasteiger partial charge on any atom is 0.184 e. The number of carbonyl (C=O) groups excluding carboxylic acids is 1. The molecule has 1 heterocycles. The Labute approximate surface area is 107 Å². The fraction of sp³-hybridized carbons (Fsp3) is 0.500. The molecule has 3 unspecified atom stereocenters. The number of carboxylic acid groups (broad SMARTS) is 1. The molecule has 0 radical (unpaired) electrons. The fourth-order valence-electron chi connectivity index (χ4n) is 2.10. The zero-order valence-corrected chi connectivity index (χ0v) is 10.6. The second-order valence-corrected chi connectivity index (χ2v) is 4.59. The lowest BCUT2D eigenvalue weighted by atomic mass is 10.1. The van der Waals surface area contributed by atoms with Crippen molar-refractivity contribution in [2.45, 2.75) is 45.2 Å². The van der Waals surface area contributed by atoms with Crippen LogP contribution in [-0.2, 0) is 9.47 Å². The van der Waals surface area contributed by atoms with Crippen molar-refractivity contribution in [3.63, 3.8) is 0 Å². The zero-order valence-electron chi connectivity index (χ0n) is 10.6. The highest BCUT2D eigenvalue weighted by Gasteiger charge is 2.27. The molecule has 1 aliphatic rings. The molecule has 4 nitrogen and oxygen atoms in total. The van der Waals surface area contributed by atoms with E-state index in [1.807, 2.05) is 6.92 Å². The van der Waals surface area contributed by atoms with Gasteiger partial charge in [-0.15, -0.1) is 0 Å². The van der Waals surface area contributed by atoms with Crippen molar-refractivity contribution >= 4 is 5.97 Å². The average Bonchev–Trinajstić information content (AvgIpc) is 2.38. The van der Waals surface area contributed by atoms with Crippen LogP contribution in [0.25, 0.3) is 0 Å². The lowest BCUT2D eigenvalue weighted by Gasteiger charge is -2.34. The first-order chi connectivity index (χ1) is 8.60. The first-order valence-corrected chi connectivity index (χ1v) is 6.22. The molecule has 0 aliphatic carbocycles. The van der Waals surface area contributed by atoms with Crippen LogP contribution in [0.5, 0.6) is 0 Å². The number of hydrogen-bond donors (Lipinski definition) is 0. The first kappa shape index (κ1) is 13.1. The Bertz CT molecular complexity index is 412. The van der Waals surface area contributed by atoms with E-state index in [2.05, 4.69) is 6.92 Å². The molecule has 0 N–H and O–H groups in total. The molecule has 0 saturated carbocycles. The molecule has 0 bridgehead atoms. The Hall–Kier alpha value is -1.39. The van der Waals surface area contributed by atoms with Crippen molar-refractivity contribution in [2.75, 3.05) is 0 Å². The maximum absolute atomic E-state index is 10.7. The van der Waals surface area contributed by atoms with Gasteiger partial charge < -0.3 is 19.4 Å². The van der Waals surface area contributed by atoms with Gasteiger partial charge in [0, 0.05) is 5.56 Å². The van der Waals surface area contributed by atoms with E-state index in [4.69, 9.17) is 9.47 Å². The van der Waals surface area contributed by atoms with E-state index >= 15 is 0 Å². The van der Waals surface area contributed by atoms with Crippen molar-refractivity contribution in [1.82, 2.24) is 0 Å². The van der Waals surface area contributed by atoms with Gasteiger partial charge in [0.2, 0.25) is 0 Å². The first-order valence-electron chi connectivity index (χ1n) is 6.22. The summed E-state index contributed by atoms with van der Waals surface area (Å²) in [6.45, 7) is 4.10. The normalized spacial score (nSPS) is 28.0. The third-order valence-corrected chi connectivity index (χ3v) is 3.14. The summed E-state index contributed by atoms with van der Waals surface area (Å²) in [5.41, 5.74) is 1.000. The van der Waals surface area contributed by atoms with Crippen LogP contribution in [0.1, 0.15) is 48.9 Å². The predicted molar refractivity (Wildman–Crippen MR) is 63.8 cm³/mol. The molecule has 0 amide bonds. The van der Waals surface area contributed by atoms with Crippen LogP contribution < -0.4 is 5.11 Å². The van der Waals surface area contributed by atoms with Gasteiger partial charge in [-0.25, -0.2) is 0 Å². The molecular formula is C14H17O4-. The number of hydrogen-bond acceptors (Lipinski definition) is 4. The van der Waals surface area contributed by atoms with E-state index in [1.54, 1.807) is 12.1 Å². The van der Waals surface area contributed by atoms with Gasteiger partial charge in [0.15, 0.2) is 6.29 Å². The third kappa shape index (κ3) is 2.89. The monoisotopic (exact) mass is 249 g/mol. The SMILES string of the molecule is CCC1CC(C)OC(c2ccc(C(=O)[O-])cc2)O1. The zero-order chi connectivity index (χ0) is 13.1. The van der Waals surface area contributed by atoms with Crippen LogP contribution in [-0.4, -0.2) is 18.2 Å². The quantitative estimate of drug-likeness (QED) is 0.817. The summed E-state index contributed by atoms with van der Waals surface area (Å²) in [5.74, 6) is -1.17. The molecule has 1 aromatic carbocycles. The average molecular weight is 249 g/mol. The molecule has 4 heteroatoms. The second-order valence-electron chi connectivity index (χ2n) is 4.59. The molecule has 1 fully saturated rings. The number of carboxylic acids is 1. The van der Waals surface area contributed by atoms with Crippen LogP contribution in [0.2, 0.25) is 0 Å². The predicted octanol–water partition coefficient (Wildman–Crippen LogP) is 1.65. The van der Waals surface area contributed by atoms with Crippen LogP contribution >= 0.6 is 0 Å². The van der Waals surface area contributed by atoms with Gasteiger partial charge in [0.1, 0.15) is 0 Å². The molecule has 2 rings (SSSR count). The van der Waals surface area contributed by atoms with Gasteiger partial charge in [0.25, 0.3) is 0 Å². The molecule has 3 atom stereocenters. The standard InChI is InChI=1S/C14H18O4/c1-3-12-8-9(2)17-14(18-12)11-6-4-10(5-7-11)13(15)16/h4-7,9,12,14H,3,8H2,1-2H3,(H,15,16)/p-1. The minimum Gasteiger partial charge on any atom is -0.545 e. The summed E-state index contributed by atoms with van der Waals surface area (Å²) in [6.07, 6.45) is 1.77. The van der Waals surface area contributed by atoms with Crippen LogP contribution in [0.15, 0.2) is 24.3 Å². The third-order valence-electron chi connectivity index (χ3n) is 3.14. The van der Waals surface area contributed by atoms with E-state index in [1.165, 1.54) is 12.1 Å². The lowest BCUT2D eigenvalue weighted by molar-refractivity contribution is -0.255. The van der Waals surface area contributed by atoms with E-state index in [0.29, 0.717) is 0 Å². The van der Waals surface area contributed by atoms with E-state index in [-0.39, 0.29) is 17.8 Å². The molecule has 1 aromatic rings. The summed E-state index contributed by atoms with van der Waals surface area (Å²) in [5, 5.41) is 10.7.